The molecule has 21 heavy (non-hydrogen) atoms. The Labute approximate surface area is 119 Å². The maximum Gasteiger partial charge on any atom is 0.471 e. The zero-order valence-electron chi connectivity index (χ0n) is 11.4. The van der Waals surface area contributed by atoms with Gasteiger partial charge >= 0.3 is 18.1 Å². The van der Waals surface area contributed by atoms with Crippen LogP contribution in [-0.2, 0) is 9.53 Å². The van der Waals surface area contributed by atoms with Gasteiger partial charge < -0.3 is 14.8 Å². The molecule has 0 spiro atoms. The highest BCUT2D eigenvalue weighted by molar-refractivity contribution is 5.98. The van der Waals surface area contributed by atoms with Crippen LogP contribution in [0.15, 0.2) is 18.2 Å². The molecule has 1 aromatic rings. The van der Waals surface area contributed by atoms with Crippen molar-refractivity contribution in [3.05, 3.63) is 23.8 Å². The smallest absolute Gasteiger partial charge is 0.471 e. The molecule has 1 aromatic carbocycles. The standard InChI is InChI=1S/C13H14F3NO4/c1-3-20-10-6-5-8(17-12(19)13(14,15)16)7-9(10)11(18)21-4-2/h5-7H,3-4H2,1-2H3,(H,17,19). The first-order chi connectivity index (χ1) is 9.79. The fourth-order valence-electron chi connectivity index (χ4n) is 1.46. The van der Waals surface area contributed by atoms with Crippen LogP contribution in [0.2, 0.25) is 0 Å². The van der Waals surface area contributed by atoms with E-state index in [1.165, 1.54) is 12.1 Å². The molecular formula is C13H14F3NO4. The van der Waals surface area contributed by atoms with E-state index in [0.717, 1.165) is 6.07 Å². The molecule has 0 heterocycles. The summed E-state index contributed by atoms with van der Waals surface area (Å²) >= 11 is 0. The van der Waals surface area contributed by atoms with Crippen molar-refractivity contribution in [1.29, 1.82) is 0 Å². The summed E-state index contributed by atoms with van der Waals surface area (Å²) in [5.74, 6) is -2.70. The lowest BCUT2D eigenvalue weighted by atomic mass is 10.1. The van der Waals surface area contributed by atoms with E-state index in [1.807, 2.05) is 0 Å². The van der Waals surface area contributed by atoms with E-state index in [0.29, 0.717) is 0 Å². The molecule has 8 heteroatoms. The van der Waals surface area contributed by atoms with E-state index < -0.39 is 18.1 Å². The topological polar surface area (TPSA) is 64.6 Å². The third-order valence-electron chi connectivity index (χ3n) is 2.29. The lowest BCUT2D eigenvalue weighted by Crippen LogP contribution is -2.30. The second kappa shape index (κ2) is 6.96. The summed E-state index contributed by atoms with van der Waals surface area (Å²) in [6, 6.07) is 3.58. The number of halogens is 3. The van der Waals surface area contributed by atoms with E-state index in [1.54, 1.807) is 19.2 Å². The molecule has 0 unspecified atom stereocenters. The average Bonchev–Trinajstić information content (AvgIpc) is 2.39. The number of benzene rings is 1. The predicted octanol–water partition coefficient (Wildman–Crippen LogP) is 2.76. The number of hydrogen-bond acceptors (Lipinski definition) is 4. The SMILES string of the molecule is CCOC(=O)c1cc(NC(=O)C(F)(F)F)ccc1OCC. The van der Waals surface area contributed by atoms with Gasteiger partial charge in [-0.2, -0.15) is 13.2 Å². The molecule has 0 atom stereocenters. The Morgan fingerprint density at radius 3 is 2.38 bits per heavy atom. The highest BCUT2D eigenvalue weighted by Gasteiger charge is 2.38. The molecule has 116 valence electrons. The highest BCUT2D eigenvalue weighted by atomic mass is 19.4. The van der Waals surface area contributed by atoms with Gasteiger partial charge in [0.05, 0.1) is 13.2 Å². The predicted molar refractivity (Wildman–Crippen MR) is 68.3 cm³/mol. The van der Waals surface area contributed by atoms with Gasteiger partial charge in [-0.25, -0.2) is 4.79 Å². The minimum Gasteiger partial charge on any atom is -0.493 e. The molecule has 1 rings (SSSR count). The number of amides is 1. The zero-order chi connectivity index (χ0) is 16.0. The zero-order valence-corrected chi connectivity index (χ0v) is 11.4. The first kappa shape index (κ1) is 16.8. The summed E-state index contributed by atoms with van der Waals surface area (Å²) in [5, 5.41) is 1.66. The van der Waals surface area contributed by atoms with Gasteiger partial charge in [0.1, 0.15) is 11.3 Å². The first-order valence-corrected chi connectivity index (χ1v) is 6.11. The second-order valence-corrected chi connectivity index (χ2v) is 3.82. The fourth-order valence-corrected chi connectivity index (χ4v) is 1.46. The van der Waals surface area contributed by atoms with Crippen molar-refractivity contribution in [3.63, 3.8) is 0 Å². The Morgan fingerprint density at radius 2 is 1.86 bits per heavy atom. The number of alkyl halides is 3. The Morgan fingerprint density at radius 1 is 1.19 bits per heavy atom. The lowest BCUT2D eigenvalue weighted by molar-refractivity contribution is -0.167. The summed E-state index contributed by atoms with van der Waals surface area (Å²) in [6.07, 6.45) is -5.01. The molecule has 0 bridgehead atoms. The molecule has 1 N–H and O–H groups in total. The third-order valence-corrected chi connectivity index (χ3v) is 2.29. The number of nitrogens with one attached hydrogen (secondary N) is 1. The molecule has 0 aromatic heterocycles. The number of carbonyl (C=O) groups excluding carboxylic acids is 2. The van der Waals surface area contributed by atoms with Gasteiger partial charge in [-0.15, -0.1) is 0 Å². The van der Waals surface area contributed by atoms with Gasteiger partial charge in [-0.3, -0.25) is 4.79 Å². The van der Waals surface area contributed by atoms with Crippen LogP contribution in [0.5, 0.6) is 5.75 Å². The maximum atomic E-state index is 12.2. The van der Waals surface area contributed by atoms with Gasteiger partial charge in [-0.1, -0.05) is 0 Å². The summed E-state index contributed by atoms with van der Waals surface area (Å²) in [4.78, 5) is 22.6. The van der Waals surface area contributed by atoms with Gasteiger partial charge in [0.25, 0.3) is 0 Å². The Hall–Kier alpha value is -2.25. The van der Waals surface area contributed by atoms with Crippen LogP contribution in [0, 0.1) is 0 Å². The first-order valence-electron chi connectivity index (χ1n) is 6.11. The van der Waals surface area contributed by atoms with Crippen molar-refractivity contribution in [2.45, 2.75) is 20.0 Å². The average molecular weight is 305 g/mol. The second-order valence-electron chi connectivity index (χ2n) is 3.82. The molecule has 0 fully saturated rings. The van der Waals surface area contributed by atoms with Crippen LogP contribution in [0.1, 0.15) is 24.2 Å². The highest BCUT2D eigenvalue weighted by Crippen LogP contribution is 2.25. The van der Waals surface area contributed by atoms with Crippen LogP contribution >= 0.6 is 0 Å². The molecule has 5 nitrogen and oxygen atoms in total. The molecule has 0 radical (unpaired) electrons. The summed E-state index contributed by atoms with van der Waals surface area (Å²) in [7, 11) is 0. The molecular weight excluding hydrogens is 291 g/mol. The Kier molecular flexibility index (Phi) is 5.57. The van der Waals surface area contributed by atoms with E-state index in [-0.39, 0.29) is 30.2 Å². The van der Waals surface area contributed by atoms with Crippen molar-refractivity contribution < 1.29 is 32.2 Å². The fraction of sp³-hybridized carbons (Fsp3) is 0.385. The summed E-state index contributed by atoms with van der Waals surface area (Å²) < 4.78 is 46.5. The lowest BCUT2D eigenvalue weighted by Gasteiger charge is -2.12. The van der Waals surface area contributed by atoms with Crippen molar-refractivity contribution >= 4 is 17.6 Å². The molecule has 0 aliphatic rings. The number of ether oxygens (including phenoxy) is 2. The number of anilines is 1. The van der Waals surface area contributed by atoms with Crippen LogP contribution < -0.4 is 10.1 Å². The number of carbonyl (C=O) groups is 2. The summed E-state index contributed by atoms with van der Waals surface area (Å²) in [6.45, 7) is 3.64. The van der Waals surface area contributed by atoms with Crippen molar-refractivity contribution in [2.75, 3.05) is 18.5 Å². The molecule has 0 aliphatic heterocycles. The van der Waals surface area contributed by atoms with Gasteiger partial charge in [0.2, 0.25) is 0 Å². The molecule has 0 saturated heterocycles. The minimum atomic E-state index is -5.01. The monoisotopic (exact) mass is 305 g/mol. The van der Waals surface area contributed by atoms with Gasteiger partial charge in [0, 0.05) is 5.69 Å². The molecule has 0 aliphatic carbocycles. The van der Waals surface area contributed by atoms with Crippen molar-refractivity contribution in [2.24, 2.45) is 0 Å². The van der Waals surface area contributed by atoms with Crippen molar-refractivity contribution in [1.82, 2.24) is 0 Å². The van der Waals surface area contributed by atoms with E-state index >= 15 is 0 Å². The van der Waals surface area contributed by atoms with Crippen LogP contribution in [0.4, 0.5) is 18.9 Å². The van der Waals surface area contributed by atoms with Gasteiger partial charge in [0.15, 0.2) is 0 Å². The van der Waals surface area contributed by atoms with E-state index in [2.05, 4.69) is 0 Å². The number of hydrogen-bond donors (Lipinski definition) is 1. The largest absolute Gasteiger partial charge is 0.493 e. The van der Waals surface area contributed by atoms with Crippen molar-refractivity contribution in [3.8, 4) is 5.75 Å². The van der Waals surface area contributed by atoms with E-state index in [4.69, 9.17) is 9.47 Å². The normalized spacial score (nSPS) is 10.9. The number of esters is 1. The van der Waals surface area contributed by atoms with E-state index in [9.17, 15) is 22.8 Å². The Balaban J connectivity index is 3.06. The van der Waals surface area contributed by atoms with Crippen LogP contribution in [0.3, 0.4) is 0 Å². The van der Waals surface area contributed by atoms with Gasteiger partial charge in [-0.05, 0) is 32.0 Å². The molecule has 0 saturated carbocycles. The minimum absolute atomic E-state index is 0.0568. The number of rotatable bonds is 5. The third kappa shape index (κ3) is 4.66. The van der Waals surface area contributed by atoms with Crippen LogP contribution in [-0.4, -0.2) is 31.3 Å². The maximum absolute atomic E-state index is 12.2. The summed E-state index contributed by atoms with van der Waals surface area (Å²) in [5.41, 5.74) is -0.234. The molecule has 1 amide bonds. The Bertz CT molecular complexity index is 529. The van der Waals surface area contributed by atoms with Crippen LogP contribution in [0.25, 0.3) is 0 Å². The quantitative estimate of drug-likeness (QED) is 0.850.